The van der Waals surface area contributed by atoms with Crippen LogP contribution in [0.2, 0.25) is 0 Å². The summed E-state index contributed by atoms with van der Waals surface area (Å²) in [7, 11) is 1.64. The van der Waals surface area contributed by atoms with Gasteiger partial charge in [0.2, 0.25) is 0 Å². The Morgan fingerprint density at radius 1 is 0.913 bits per heavy atom. The Hall–Kier alpha value is -3.21. The second kappa shape index (κ2) is 7.17. The van der Waals surface area contributed by atoms with Crippen LogP contribution in [0, 0.1) is 0 Å². The molecule has 0 aliphatic heterocycles. The zero-order valence-corrected chi connectivity index (χ0v) is 12.7. The Morgan fingerprint density at radius 2 is 1.65 bits per heavy atom. The first-order chi connectivity index (χ1) is 11.4. The third-order valence-corrected chi connectivity index (χ3v) is 3.22. The molecular weight excluding hydrogens is 288 g/mol. The molecule has 3 rings (SSSR count). The van der Waals surface area contributed by atoms with Crippen LogP contribution in [-0.4, -0.2) is 22.8 Å². The van der Waals surface area contributed by atoms with Crippen molar-refractivity contribution in [1.29, 1.82) is 0 Å². The number of benzene rings is 1. The van der Waals surface area contributed by atoms with Gasteiger partial charge in [0.15, 0.2) is 0 Å². The fourth-order valence-corrected chi connectivity index (χ4v) is 2.06. The second-order valence-electron chi connectivity index (χ2n) is 4.73. The summed E-state index contributed by atoms with van der Waals surface area (Å²) in [4.78, 5) is 8.59. The zero-order chi connectivity index (χ0) is 15.9. The number of hydrogen-bond donors (Lipinski definition) is 1. The van der Waals surface area contributed by atoms with E-state index in [1.54, 1.807) is 19.5 Å². The zero-order valence-electron chi connectivity index (χ0n) is 12.7. The highest BCUT2D eigenvalue weighted by Crippen LogP contribution is 2.15. The summed E-state index contributed by atoms with van der Waals surface area (Å²) in [6.45, 7) is 0. The molecule has 1 aromatic carbocycles. The summed E-state index contributed by atoms with van der Waals surface area (Å²) >= 11 is 0. The highest BCUT2D eigenvalue weighted by Gasteiger charge is 2.09. The molecule has 0 atom stereocenters. The third kappa shape index (κ3) is 3.71. The van der Waals surface area contributed by atoms with Crippen molar-refractivity contribution in [2.24, 2.45) is 5.10 Å². The van der Waals surface area contributed by atoms with Gasteiger partial charge in [0.1, 0.15) is 17.3 Å². The summed E-state index contributed by atoms with van der Waals surface area (Å²) in [6, 6.07) is 19.0. The first-order valence-corrected chi connectivity index (χ1v) is 7.17. The molecular formula is C18H16N4O. The average molecular weight is 304 g/mol. The Balaban J connectivity index is 1.96. The maximum absolute atomic E-state index is 5.20. The van der Waals surface area contributed by atoms with Gasteiger partial charge in [-0.25, -0.2) is 4.98 Å². The summed E-state index contributed by atoms with van der Waals surface area (Å²) in [5.41, 5.74) is 5.43. The van der Waals surface area contributed by atoms with Crippen LogP contribution < -0.4 is 10.2 Å². The van der Waals surface area contributed by atoms with Crippen molar-refractivity contribution >= 4 is 11.5 Å². The molecule has 0 amide bonds. The number of nitrogens with one attached hydrogen (secondary N) is 1. The summed E-state index contributed by atoms with van der Waals surface area (Å²) in [5.74, 6) is 1.47. The summed E-state index contributed by atoms with van der Waals surface area (Å²) in [5, 5.41) is 4.49. The van der Waals surface area contributed by atoms with E-state index in [2.05, 4.69) is 20.5 Å². The Bertz CT molecular complexity index is 771. The number of methoxy groups -OCH3 is 1. The molecule has 0 bridgehead atoms. The molecule has 2 heterocycles. The third-order valence-electron chi connectivity index (χ3n) is 3.22. The fourth-order valence-electron chi connectivity index (χ4n) is 2.06. The van der Waals surface area contributed by atoms with Crippen molar-refractivity contribution in [1.82, 2.24) is 9.97 Å². The van der Waals surface area contributed by atoms with Gasteiger partial charge >= 0.3 is 0 Å². The lowest BCUT2D eigenvalue weighted by molar-refractivity contribution is 0.415. The molecule has 23 heavy (non-hydrogen) atoms. The monoisotopic (exact) mass is 304 g/mol. The molecule has 0 radical (unpaired) electrons. The van der Waals surface area contributed by atoms with E-state index >= 15 is 0 Å². The number of rotatable bonds is 5. The Labute approximate surface area is 134 Å². The van der Waals surface area contributed by atoms with Crippen molar-refractivity contribution in [2.45, 2.75) is 0 Å². The number of ether oxygens (including phenoxy) is 1. The lowest BCUT2D eigenvalue weighted by Gasteiger charge is -2.08. The van der Waals surface area contributed by atoms with Gasteiger partial charge in [0.05, 0.1) is 12.8 Å². The molecule has 0 aliphatic carbocycles. The van der Waals surface area contributed by atoms with Gasteiger partial charge in [0.25, 0.3) is 0 Å². The van der Waals surface area contributed by atoms with E-state index in [1.165, 1.54) is 0 Å². The minimum Gasteiger partial charge on any atom is -0.497 e. The predicted molar refractivity (Wildman–Crippen MR) is 90.7 cm³/mol. The van der Waals surface area contributed by atoms with Gasteiger partial charge in [-0.1, -0.05) is 12.1 Å². The van der Waals surface area contributed by atoms with Gasteiger partial charge in [-0.15, -0.1) is 0 Å². The molecule has 0 unspecified atom stereocenters. The van der Waals surface area contributed by atoms with Crippen LogP contribution in [0.1, 0.15) is 11.3 Å². The number of anilines is 1. The quantitative estimate of drug-likeness (QED) is 0.580. The van der Waals surface area contributed by atoms with Crippen LogP contribution in [0.5, 0.6) is 5.75 Å². The highest BCUT2D eigenvalue weighted by molar-refractivity contribution is 6.11. The standard InChI is InChI=1S/C18H16N4O/c1-23-15-10-8-14(9-11-15)18(16-6-2-4-12-19-16)22-21-17-7-3-5-13-20-17/h2-13H,1H3,(H,20,21)/b22-18+. The molecule has 2 aromatic heterocycles. The van der Waals surface area contributed by atoms with E-state index in [4.69, 9.17) is 4.74 Å². The first-order valence-electron chi connectivity index (χ1n) is 7.17. The van der Waals surface area contributed by atoms with Gasteiger partial charge < -0.3 is 4.74 Å². The predicted octanol–water partition coefficient (Wildman–Crippen LogP) is 3.35. The first kappa shape index (κ1) is 14.7. The maximum Gasteiger partial charge on any atom is 0.146 e. The SMILES string of the molecule is COc1ccc(/C(=N\Nc2ccccn2)c2ccccn2)cc1. The maximum atomic E-state index is 5.20. The van der Waals surface area contributed by atoms with Crippen molar-refractivity contribution < 1.29 is 4.74 Å². The van der Waals surface area contributed by atoms with Gasteiger partial charge in [0, 0.05) is 18.0 Å². The van der Waals surface area contributed by atoms with Crippen molar-refractivity contribution in [3.8, 4) is 5.75 Å². The summed E-state index contributed by atoms with van der Waals surface area (Å²) in [6.07, 6.45) is 3.46. The van der Waals surface area contributed by atoms with Crippen molar-refractivity contribution in [2.75, 3.05) is 12.5 Å². The Morgan fingerprint density at radius 3 is 2.26 bits per heavy atom. The molecule has 0 fully saturated rings. The lowest BCUT2D eigenvalue weighted by Crippen LogP contribution is -2.08. The van der Waals surface area contributed by atoms with Crippen LogP contribution >= 0.6 is 0 Å². The number of hydrogen-bond acceptors (Lipinski definition) is 5. The minimum atomic E-state index is 0.675. The van der Waals surface area contributed by atoms with Crippen LogP contribution in [0.3, 0.4) is 0 Å². The molecule has 0 saturated heterocycles. The number of aromatic nitrogens is 2. The van der Waals surface area contributed by atoms with Crippen LogP contribution in [0.25, 0.3) is 0 Å². The van der Waals surface area contributed by atoms with Crippen LogP contribution in [0.15, 0.2) is 78.2 Å². The number of nitrogens with zero attached hydrogens (tertiary/aromatic N) is 3. The van der Waals surface area contributed by atoms with E-state index in [0.29, 0.717) is 5.82 Å². The minimum absolute atomic E-state index is 0.675. The number of pyridine rings is 2. The van der Waals surface area contributed by atoms with E-state index in [0.717, 1.165) is 22.7 Å². The highest BCUT2D eigenvalue weighted by atomic mass is 16.5. The average Bonchev–Trinajstić information content (AvgIpc) is 2.64. The van der Waals surface area contributed by atoms with E-state index < -0.39 is 0 Å². The van der Waals surface area contributed by atoms with E-state index in [-0.39, 0.29) is 0 Å². The largest absolute Gasteiger partial charge is 0.497 e. The number of hydrazone groups is 1. The molecule has 5 nitrogen and oxygen atoms in total. The lowest BCUT2D eigenvalue weighted by atomic mass is 10.1. The van der Waals surface area contributed by atoms with Gasteiger partial charge in [-0.05, 0) is 48.5 Å². The van der Waals surface area contributed by atoms with Crippen molar-refractivity contribution in [3.05, 3.63) is 84.3 Å². The molecule has 0 aliphatic rings. The molecule has 0 saturated carbocycles. The summed E-state index contributed by atoms with van der Waals surface area (Å²) < 4.78 is 5.20. The molecule has 1 N–H and O–H groups in total. The molecule has 0 spiro atoms. The molecule has 3 aromatic rings. The van der Waals surface area contributed by atoms with Crippen LogP contribution in [0.4, 0.5) is 5.82 Å². The Kier molecular flexibility index (Phi) is 4.59. The van der Waals surface area contributed by atoms with Crippen LogP contribution in [-0.2, 0) is 0 Å². The van der Waals surface area contributed by atoms with E-state index in [9.17, 15) is 0 Å². The molecule has 114 valence electrons. The van der Waals surface area contributed by atoms with Gasteiger partial charge in [-0.2, -0.15) is 5.10 Å². The fraction of sp³-hybridized carbons (Fsp3) is 0.0556. The van der Waals surface area contributed by atoms with Crippen molar-refractivity contribution in [3.63, 3.8) is 0 Å². The smallest absolute Gasteiger partial charge is 0.146 e. The molecule has 5 heteroatoms. The topological polar surface area (TPSA) is 59.4 Å². The van der Waals surface area contributed by atoms with E-state index in [1.807, 2.05) is 60.7 Å². The van der Waals surface area contributed by atoms with Gasteiger partial charge in [-0.3, -0.25) is 10.4 Å². The normalized spacial score (nSPS) is 11.1. The second-order valence-corrected chi connectivity index (χ2v) is 4.73.